The average Bonchev–Trinajstić information content (AvgIpc) is 2.70. The summed E-state index contributed by atoms with van der Waals surface area (Å²) in [5, 5.41) is 2.77. The molecule has 166 valence electrons. The van der Waals surface area contributed by atoms with E-state index in [1.54, 1.807) is 11.8 Å². The minimum atomic E-state index is -3.10. The highest BCUT2D eigenvalue weighted by Gasteiger charge is 2.29. The summed E-state index contributed by atoms with van der Waals surface area (Å²) < 4.78 is 24.0. The molecule has 8 nitrogen and oxygen atoms in total. The number of fused-ring (bicyclic) bond motifs is 1. The molecule has 0 aliphatic carbocycles. The predicted octanol–water partition coefficient (Wildman–Crippen LogP) is 1.29. The summed E-state index contributed by atoms with van der Waals surface area (Å²) in [6.07, 6.45) is 1.50. The number of carbonyl (C=O) groups excluding carboxylic acids is 2. The summed E-state index contributed by atoms with van der Waals surface area (Å²) in [6.45, 7) is 4.83. The van der Waals surface area contributed by atoms with Gasteiger partial charge in [0.2, 0.25) is 0 Å². The molecule has 0 unspecified atom stereocenters. The van der Waals surface area contributed by atoms with Gasteiger partial charge >= 0.3 is 0 Å². The molecular weight excluding hydrogens is 418 g/mol. The SMILES string of the molecule is Cc1ccc(CNC(=O)c2cc(C)c3n(c2=O)CCN(CCCS(C)(=O)=O)C3=O)cc1. The smallest absolute Gasteiger partial charge is 0.270 e. The van der Waals surface area contributed by atoms with Crippen molar-refractivity contribution in [2.75, 3.05) is 25.1 Å². The highest BCUT2D eigenvalue weighted by atomic mass is 32.2. The Morgan fingerprint density at radius 2 is 1.77 bits per heavy atom. The lowest BCUT2D eigenvalue weighted by molar-refractivity contribution is 0.0698. The highest BCUT2D eigenvalue weighted by molar-refractivity contribution is 7.90. The van der Waals surface area contributed by atoms with Gasteiger partial charge in [-0.05, 0) is 37.5 Å². The van der Waals surface area contributed by atoms with Gasteiger partial charge in [-0.15, -0.1) is 0 Å². The fourth-order valence-corrected chi connectivity index (χ4v) is 4.31. The van der Waals surface area contributed by atoms with Crippen molar-refractivity contribution in [2.24, 2.45) is 0 Å². The molecular formula is C22H27N3O5S. The first-order chi connectivity index (χ1) is 14.6. The van der Waals surface area contributed by atoms with E-state index in [1.807, 2.05) is 31.2 Å². The van der Waals surface area contributed by atoms with Gasteiger partial charge in [-0.25, -0.2) is 8.42 Å². The molecule has 1 aliphatic rings. The van der Waals surface area contributed by atoms with Gasteiger partial charge in [0.25, 0.3) is 17.4 Å². The van der Waals surface area contributed by atoms with Crippen LogP contribution in [-0.4, -0.2) is 54.8 Å². The number of aromatic nitrogens is 1. The lowest BCUT2D eigenvalue weighted by atomic mass is 10.1. The molecule has 0 spiro atoms. The molecule has 1 N–H and O–H groups in total. The van der Waals surface area contributed by atoms with Crippen LogP contribution in [0.25, 0.3) is 0 Å². The van der Waals surface area contributed by atoms with E-state index >= 15 is 0 Å². The lowest BCUT2D eigenvalue weighted by Crippen LogP contribution is -2.47. The van der Waals surface area contributed by atoms with Crippen LogP contribution < -0.4 is 10.9 Å². The van der Waals surface area contributed by atoms with Gasteiger partial charge < -0.3 is 14.8 Å². The first-order valence-electron chi connectivity index (χ1n) is 10.1. The maximum atomic E-state index is 12.9. The maximum Gasteiger partial charge on any atom is 0.270 e. The van der Waals surface area contributed by atoms with Gasteiger partial charge in [0, 0.05) is 32.4 Å². The van der Waals surface area contributed by atoms with Crippen molar-refractivity contribution in [2.45, 2.75) is 33.4 Å². The van der Waals surface area contributed by atoms with E-state index in [9.17, 15) is 22.8 Å². The number of hydrogen-bond acceptors (Lipinski definition) is 5. The molecule has 0 saturated heterocycles. The quantitative estimate of drug-likeness (QED) is 0.691. The number of pyridine rings is 1. The third kappa shape index (κ3) is 5.41. The number of nitrogens with one attached hydrogen (secondary N) is 1. The van der Waals surface area contributed by atoms with Crippen molar-refractivity contribution in [1.29, 1.82) is 0 Å². The van der Waals surface area contributed by atoms with E-state index in [-0.39, 0.29) is 29.5 Å². The number of sulfone groups is 1. The Balaban J connectivity index is 1.76. The summed E-state index contributed by atoms with van der Waals surface area (Å²) >= 11 is 0. The predicted molar refractivity (Wildman–Crippen MR) is 118 cm³/mol. The summed E-state index contributed by atoms with van der Waals surface area (Å²) in [6, 6.07) is 9.19. The molecule has 0 fully saturated rings. The summed E-state index contributed by atoms with van der Waals surface area (Å²) in [4.78, 5) is 40.0. The number of amides is 2. The van der Waals surface area contributed by atoms with Crippen molar-refractivity contribution in [3.05, 3.63) is 68.6 Å². The minimum absolute atomic E-state index is 0.00264. The molecule has 0 atom stereocenters. The molecule has 0 bridgehead atoms. The lowest BCUT2D eigenvalue weighted by Gasteiger charge is -2.30. The first kappa shape index (κ1) is 22.7. The van der Waals surface area contributed by atoms with Gasteiger partial charge in [-0.1, -0.05) is 29.8 Å². The molecule has 2 heterocycles. The number of nitrogens with zero attached hydrogens (tertiary/aromatic N) is 2. The summed E-state index contributed by atoms with van der Waals surface area (Å²) in [5.74, 6) is -0.796. The number of carbonyl (C=O) groups is 2. The fourth-order valence-electron chi connectivity index (χ4n) is 3.65. The number of benzene rings is 1. The van der Waals surface area contributed by atoms with E-state index in [1.165, 1.54) is 10.6 Å². The van der Waals surface area contributed by atoms with Crippen molar-refractivity contribution < 1.29 is 18.0 Å². The van der Waals surface area contributed by atoms with Crippen LogP contribution in [0.15, 0.2) is 35.1 Å². The Kier molecular flexibility index (Phi) is 6.64. The van der Waals surface area contributed by atoms with E-state index < -0.39 is 21.3 Å². The van der Waals surface area contributed by atoms with E-state index in [0.29, 0.717) is 31.6 Å². The standard InChI is InChI=1S/C22H27N3O5S/c1-15-5-7-17(8-6-15)14-23-20(26)18-13-16(2)19-22(28)24(9-4-12-31(3,29)30)10-11-25(19)21(18)27/h5-8,13H,4,9-12,14H2,1-3H3,(H,23,26). The van der Waals surface area contributed by atoms with Gasteiger partial charge in [-0.2, -0.15) is 0 Å². The number of aryl methyl sites for hydroxylation is 2. The van der Waals surface area contributed by atoms with Crippen LogP contribution in [0.5, 0.6) is 0 Å². The van der Waals surface area contributed by atoms with Gasteiger partial charge in [-0.3, -0.25) is 14.4 Å². The largest absolute Gasteiger partial charge is 0.348 e. The van der Waals surface area contributed by atoms with E-state index in [2.05, 4.69) is 5.32 Å². The zero-order valence-corrected chi connectivity index (χ0v) is 18.8. The number of hydrogen-bond donors (Lipinski definition) is 1. The van der Waals surface area contributed by atoms with Crippen molar-refractivity contribution >= 4 is 21.7 Å². The highest BCUT2D eigenvalue weighted by Crippen LogP contribution is 2.16. The molecule has 9 heteroatoms. The van der Waals surface area contributed by atoms with E-state index in [4.69, 9.17) is 0 Å². The van der Waals surface area contributed by atoms with Crippen molar-refractivity contribution in [3.8, 4) is 0 Å². The zero-order chi connectivity index (χ0) is 22.8. The Bertz CT molecular complexity index is 1170. The monoisotopic (exact) mass is 445 g/mol. The molecule has 1 aromatic carbocycles. The topological polar surface area (TPSA) is 106 Å². The number of rotatable bonds is 7. The molecule has 1 aliphatic heterocycles. The Morgan fingerprint density at radius 1 is 1.10 bits per heavy atom. The Labute approximate surface area is 181 Å². The van der Waals surface area contributed by atoms with E-state index in [0.717, 1.165) is 17.4 Å². The molecule has 2 aromatic rings. The molecule has 2 amide bonds. The fraction of sp³-hybridized carbons (Fsp3) is 0.409. The molecule has 3 rings (SSSR count). The second kappa shape index (κ2) is 9.05. The molecule has 1 aromatic heterocycles. The first-order valence-corrected chi connectivity index (χ1v) is 12.2. The second-order valence-electron chi connectivity index (χ2n) is 7.99. The van der Waals surface area contributed by atoms with Crippen LogP contribution in [0.1, 0.15) is 44.0 Å². The summed E-state index contributed by atoms with van der Waals surface area (Å²) in [5.41, 5.74) is 2.35. The maximum absolute atomic E-state index is 12.9. The van der Waals surface area contributed by atoms with Crippen LogP contribution in [0.2, 0.25) is 0 Å². The third-order valence-electron chi connectivity index (χ3n) is 5.32. The zero-order valence-electron chi connectivity index (χ0n) is 18.0. The van der Waals surface area contributed by atoms with Gasteiger partial charge in [0.15, 0.2) is 0 Å². The molecule has 0 saturated carbocycles. The van der Waals surface area contributed by atoms with Gasteiger partial charge in [0.05, 0.1) is 5.75 Å². The van der Waals surface area contributed by atoms with Gasteiger partial charge in [0.1, 0.15) is 21.1 Å². The minimum Gasteiger partial charge on any atom is -0.348 e. The van der Waals surface area contributed by atoms with Crippen molar-refractivity contribution in [3.63, 3.8) is 0 Å². The van der Waals surface area contributed by atoms with Crippen LogP contribution >= 0.6 is 0 Å². The average molecular weight is 446 g/mol. The molecule has 31 heavy (non-hydrogen) atoms. The second-order valence-corrected chi connectivity index (χ2v) is 10.3. The normalized spacial score (nSPS) is 13.8. The van der Waals surface area contributed by atoms with Crippen molar-refractivity contribution in [1.82, 2.24) is 14.8 Å². The molecule has 0 radical (unpaired) electrons. The Hall–Kier alpha value is -2.94. The summed E-state index contributed by atoms with van der Waals surface area (Å²) in [7, 11) is -3.10. The van der Waals surface area contributed by atoms with Crippen LogP contribution in [0, 0.1) is 13.8 Å². The van der Waals surface area contributed by atoms with Crippen LogP contribution in [0.3, 0.4) is 0 Å². The van der Waals surface area contributed by atoms with Crippen LogP contribution in [0.4, 0.5) is 0 Å². The Morgan fingerprint density at radius 3 is 2.42 bits per heavy atom. The third-order valence-corrected chi connectivity index (χ3v) is 6.35. The van der Waals surface area contributed by atoms with Crippen LogP contribution in [-0.2, 0) is 22.9 Å².